The van der Waals surface area contributed by atoms with E-state index in [1.807, 2.05) is 29.8 Å². The maximum absolute atomic E-state index is 13.0. The lowest BCUT2D eigenvalue weighted by molar-refractivity contribution is -0.0121. The van der Waals surface area contributed by atoms with Crippen LogP contribution in [0, 0.1) is 0 Å². The van der Waals surface area contributed by atoms with Gasteiger partial charge in [0.1, 0.15) is 0 Å². The Morgan fingerprint density at radius 1 is 1.09 bits per heavy atom. The number of benzene rings is 2. The van der Waals surface area contributed by atoms with Gasteiger partial charge in [0.15, 0.2) is 0 Å². The molecule has 1 amide bonds. The van der Waals surface area contributed by atoms with Gasteiger partial charge >= 0.3 is 0 Å². The number of carbonyl (C=O) groups excluding carboxylic acids is 1. The molecule has 6 heteroatoms. The van der Waals surface area contributed by atoms with Crippen LogP contribution < -0.4 is 5.32 Å². The Morgan fingerprint density at radius 2 is 1.94 bits per heavy atom. The monoisotopic (exact) mass is 483 g/mol. The van der Waals surface area contributed by atoms with Crippen molar-refractivity contribution in [1.29, 1.82) is 0 Å². The van der Waals surface area contributed by atoms with Crippen molar-refractivity contribution < 1.29 is 9.53 Å². The van der Waals surface area contributed by atoms with Gasteiger partial charge in [0.05, 0.1) is 22.5 Å². The topological polar surface area (TPSA) is 54.5 Å². The fourth-order valence-electron chi connectivity index (χ4n) is 6.20. The van der Waals surface area contributed by atoms with Crippen molar-refractivity contribution in [1.82, 2.24) is 15.2 Å². The summed E-state index contributed by atoms with van der Waals surface area (Å²) in [5.74, 6) is -0.0269. The minimum atomic E-state index is -0.151. The highest BCUT2D eigenvalue weighted by molar-refractivity contribution is 7.12. The number of nitrogens with zero attached hydrogens (tertiary/aromatic N) is 2. The molecule has 6 rings (SSSR count). The Labute approximate surface area is 209 Å². The molecule has 178 valence electrons. The van der Waals surface area contributed by atoms with E-state index in [-0.39, 0.29) is 23.5 Å². The average molecular weight is 484 g/mol. The van der Waals surface area contributed by atoms with Gasteiger partial charge in [-0.2, -0.15) is 0 Å². The smallest absolute Gasteiger partial charge is 0.261 e. The van der Waals surface area contributed by atoms with Crippen LogP contribution in [0.25, 0.3) is 10.9 Å². The van der Waals surface area contributed by atoms with Crippen LogP contribution >= 0.6 is 11.3 Å². The van der Waals surface area contributed by atoms with E-state index >= 15 is 0 Å². The van der Waals surface area contributed by atoms with Crippen LogP contribution in [-0.4, -0.2) is 42.1 Å². The van der Waals surface area contributed by atoms with Crippen LogP contribution in [0.3, 0.4) is 0 Å². The molecule has 1 fully saturated rings. The minimum absolute atomic E-state index is 0.0269. The van der Waals surface area contributed by atoms with Crippen LogP contribution in [-0.2, 0) is 16.7 Å². The number of ether oxygens (including phenoxy) is 1. The zero-order chi connectivity index (χ0) is 23.8. The number of fused-ring (bicyclic) bond motifs is 3. The average Bonchev–Trinajstić information content (AvgIpc) is 3.52. The molecule has 1 N–H and O–H groups in total. The molecule has 3 heterocycles. The minimum Gasteiger partial charge on any atom is -0.378 e. The fraction of sp³-hybridized carbons (Fsp3) is 0.310. The Morgan fingerprint density at radius 3 is 2.74 bits per heavy atom. The highest BCUT2D eigenvalue weighted by Gasteiger charge is 2.54. The van der Waals surface area contributed by atoms with Crippen molar-refractivity contribution >= 4 is 28.1 Å². The molecule has 1 aliphatic carbocycles. The predicted octanol–water partition coefficient (Wildman–Crippen LogP) is 5.33. The number of methoxy groups -OCH3 is 1. The van der Waals surface area contributed by atoms with Gasteiger partial charge in [-0.05, 0) is 66.2 Å². The number of piperidine rings is 1. The van der Waals surface area contributed by atoms with Gasteiger partial charge < -0.3 is 10.1 Å². The molecule has 0 radical (unpaired) electrons. The first-order chi connectivity index (χ1) is 17.2. The largest absolute Gasteiger partial charge is 0.378 e. The Hall–Kier alpha value is -3.06. The lowest BCUT2D eigenvalue weighted by atomic mass is 9.71. The van der Waals surface area contributed by atoms with Crippen LogP contribution in [0.15, 0.2) is 78.3 Å². The van der Waals surface area contributed by atoms with Gasteiger partial charge in [-0.15, -0.1) is 11.3 Å². The first-order valence-corrected chi connectivity index (χ1v) is 13.1. The van der Waals surface area contributed by atoms with Gasteiger partial charge in [-0.1, -0.05) is 48.5 Å². The maximum atomic E-state index is 13.0. The van der Waals surface area contributed by atoms with E-state index in [9.17, 15) is 4.79 Å². The number of carbonyl (C=O) groups is 1. The summed E-state index contributed by atoms with van der Waals surface area (Å²) in [6.07, 6.45) is 3.76. The molecule has 0 bridgehead atoms. The maximum Gasteiger partial charge on any atom is 0.261 e. The number of thiophene rings is 1. The fourth-order valence-corrected chi connectivity index (χ4v) is 6.83. The first kappa shape index (κ1) is 22.4. The quantitative estimate of drug-likeness (QED) is 0.417. The van der Waals surface area contributed by atoms with E-state index in [1.54, 1.807) is 7.11 Å². The molecular formula is C29H29N3O2S. The van der Waals surface area contributed by atoms with Crippen molar-refractivity contribution in [2.45, 2.75) is 36.9 Å². The summed E-state index contributed by atoms with van der Waals surface area (Å²) in [6, 6.07) is 22.8. The number of likely N-dealkylation sites (tertiary alicyclic amines) is 1. The molecule has 35 heavy (non-hydrogen) atoms. The van der Waals surface area contributed by atoms with Crippen molar-refractivity contribution in [2.75, 3.05) is 20.2 Å². The molecule has 0 unspecified atom stereocenters. The van der Waals surface area contributed by atoms with Crippen molar-refractivity contribution in [2.24, 2.45) is 0 Å². The summed E-state index contributed by atoms with van der Waals surface area (Å²) in [5.41, 5.74) is 4.79. The number of nitrogens with one attached hydrogen (secondary N) is 1. The summed E-state index contributed by atoms with van der Waals surface area (Å²) in [6.45, 7) is 2.88. The standard InChI is InChI=1S/C29H29N3O2S/c1-34-27-26(31-28(33)25-12-6-18-35-25)22-8-2-3-10-23(22)29(27)13-16-32(17-14-29)19-20-7-4-11-24-21(20)9-5-15-30-24/h2-12,15,18,26-27H,13-14,16-17,19H2,1H3,(H,31,33)/t26-,27+/m1/s1. The van der Waals surface area contributed by atoms with Crippen LogP contribution in [0.5, 0.6) is 0 Å². The summed E-state index contributed by atoms with van der Waals surface area (Å²) >= 11 is 1.47. The molecule has 2 aromatic heterocycles. The van der Waals surface area contributed by atoms with Crippen molar-refractivity contribution in [3.05, 3.63) is 99.9 Å². The van der Waals surface area contributed by atoms with E-state index in [1.165, 1.54) is 33.4 Å². The Kier molecular flexibility index (Phi) is 5.88. The zero-order valence-corrected chi connectivity index (χ0v) is 20.6. The molecule has 1 spiro atoms. The Bertz CT molecular complexity index is 1340. The normalized spacial score (nSPS) is 21.3. The number of rotatable bonds is 5. The molecule has 1 aliphatic heterocycles. The summed E-state index contributed by atoms with van der Waals surface area (Å²) in [7, 11) is 1.79. The van der Waals surface area contributed by atoms with Crippen LogP contribution in [0.4, 0.5) is 0 Å². The molecule has 2 aromatic carbocycles. The lowest BCUT2D eigenvalue weighted by Crippen LogP contribution is -2.50. The second kappa shape index (κ2) is 9.19. The second-order valence-corrected chi connectivity index (χ2v) is 10.5. The molecule has 0 saturated carbocycles. The van der Waals surface area contributed by atoms with Crippen molar-refractivity contribution in [3.8, 4) is 0 Å². The van der Waals surface area contributed by atoms with Crippen LogP contribution in [0.1, 0.15) is 45.2 Å². The van der Waals surface area contributed by atoms with Gasteiger partial charge in [0.2, 0.25) is 0 Å². The molecule has 5 nitrogen and oxygen atoms in total. The summed E-state index contributed by atoms with van der Waals surface area (Å²) in [4.78, 5) is 20.8. The van der Waals surface area contributed by atoms with Gasteiger partial charge in [0, 0.05) is 30.7 Å². The number of pyridine rings is 1. The van der Waals surface area contributed by atoms with E-state index in [2.05, 4.69) is 63.7 Å². The Balaban J connectivity index is 1.25. The van der Waals surface area contributed by atoms with Gasteiger partial charge in [-0.25, -0.2) is 0 Å². The highest BCUT2D eigenvalue weighted by atomic mass is 32.1. The second-order valence-electron chi connectivity index (χ2n) is 9.59. The van der Waals surface area contributed by atoms with E-state index in [0.29, 0.717) is 0 Å². The van der Waals surface area contributed by atoms with Gasteiger partial charge in [-0.3, -0.25) is 14.7 Å². The molecule has 2 atom stereocenters. The number of hydrogen-bond donors (Lipinski definition) is 1. The number of hydrogen-bond acceptors (Lipinski definition) is 5. The zero-order valence-electron chi connectivity index (χ0n) is 19.8. The lowest BCUT2D eigenvalue weighted by Gasteiger charge is -2.44. The number of aromatic nitrogens is 1. The first-order valence-electron chi connectivity index (χ1n) is 12.2. The molecule has 1 saturated heterocycles. The molecule has 2 aliphatic rings. The SMILES string of the molecule is CO[C@H]1[C@H](NC(=O)c2cccs2)c2ccccc2C12CCN(Cc1cccc3ncccc13)CC2. The van der Waals surface area contributed by atoms with Crippen LogP contribution in [0.2, 0.25) is 0 Å². The van der Waals surface area contributed by atoms with E-state index < -0.39 is 0 Å². The summed E-state index contributed by atoms with van der Waals surface area (Å²) in [5, 5.41) is 6.48. The third-order valence-electron chi connectivity index (χ3n) is 7.84. The summed E-state index contributed by atoms with van der Waals surface area (Å²) < 4.78 is 6.19. The molecule has 4 aromatic rings. The number of amides is 1. The van der Waals surface area contributed by atoms with Gasteiger partial charge in [0.25, 0.3) is 5.91 Å². The third kappa shape index (κ3) is 3.86. The van der Waals surface area contributed by atoms with Crippen molar-refractivity contribution in [3.63, 3.8) is 0 Å². The van der Waals surface area contributed by atoms with E-state index in [0.717, 1.165) is 42.9 Å². The molecular weight excluding hydrogens is 454 g/mol. The van der Waals surface area contributed by atoms with E-state index in [4.69, 9.17) is 4.74 Å². The highest BCUT2D eigenvalue weighted by Crippen LogP contribution is 2.52. The third-order valence-corrected chi connectivity index (χ3v) is 8.71. The predicted molar refractivity (Wildman–Crippen MR) is 140 cm³/mol.